The quantitative estimate of drug-likeness (QED) is 0.240. The van der Waals surface area contributed by atoms with Crippen LogP contribution < -0.4 is 10.1 Å². The van der Waals surface area contributed by atoms with E-state index >= 15 is 0 Å². The number of benzene rings is 2. The molecular weight excluding hydrogens is 466 g/mol. The Morgan fingerprint density at radius 3 is 2.47 bits per heavy atom. The van der Waals surface area contributed by atoms with Crippen molar-refractivity contribution in [3.63, 3.8) is 0 Å². The van der Waals surface area contributed by atoms with Gasteiger partial charge in [0.1, 0.15) is 5.75 Å². The summed E-state index contributed by atoms with van der Waals surface area (Å²) in [5, 5.41) is 12.4. The summed E-state index contributed by atoms with van der Waals surface area (Å²) in [7, 11) is 1.64. The number of thioether (sulfide) groups is 2. The molecule has 0 aliphatic carbocycles. The van der Waals surface area contributed by atoms with Gasteiger partial charge in [0.2, 0.25) is 5.91 Å². The molecule has 0 unspecified atom stereocenters. The van der Waals surface area contributed by atoms with Crippen LogP contribution >= 0.6 is 23.5 Å². The van der Waals surface area contributed by atoms with E-state index in [-0.39, 0.29) is 11.7 Å². The van der Waals surface area contributed by atoms with E-state index in [9.17, 15) is 4.79 Å². The lowest BCUT2D eigenvalue weighted by Crippen LogP contribution is -2.26. The van der Waals surface area contributed by atoms with Crippen LogP contribution in [0.4, 0.5) is 0 Å². The summed E-state index contributed by atoms with van der Waals surface area (Å²) in [6, 6.07) is 21.7. The van der Waals surface area contributed by atoms with Crippen molar-refractivity contribution in [3.8, 4) is 22.8 Å². The van der Waals surface area contributed by atoms with Gasteiger partial charge in [0, 0.05) is 35.1 Å². The Kier molecular flexibility index (Phi) is 8.59. The molecule has 9 heteroatoms. The predicted octanol–water partition coefficient (Wildman–Crippen LogP) is 4.73. The lowest BCUT2D eigenvalue weighted by molar-refractivity contribution is -0.118. The highest BCUT2D eigenvalue weighted by Crippen LogP contribution is 2.28. The van der Waals surface area contributed by atoms with Gasteiger partial charge in [0.25, 0.3) is 0 Å². The highest BCUT2D eigenvalue weighted by atomic mass is 32.2. The fraction of sp³-hybridized carbons (Fsp3) is 0.200. The Bertz CT molecular complexity index is 1190. The third-order valence-electron chi connectivity index (χ3n) is 4.89. The molecule has 0 bridgehead atoms. The summed E-state index contributed by atoms with van der Waals surface area (Å²) in [6.07, 6.45) is 4.35. The number of ether oxygens (including phenoxy) is 1. The number of methoxy groups -OCH3 is 1. The molecular formula is C25H25N5O2S2. The molecule has 4 rings (SSSR count). The zero-order valence-corrected chi connectivity index (χ0v) is 20.4. The van der Waals surface area contributed by atoms with Gasteiger partial charge in [-0.2, -0.15) is 0 Å². The first-order chi connectivity index (χ1) is 16.7. The molecule has 0 aliphatic rings. The van der Waals surface area contributed by atoms with Crippen molar-refractivity contribution in [1.29, 1.82) is 0 Å². The molecule has 1 N–H and O–H groups in total. The summed E-state index contributed by atoms with van der Waals surface area (Å²) in [5.41, 5.74) is 1.78. The smallest absolute Gasteiger partial charge is 0.230 e. The number of aromatic nitrogens is 4. The van der Waals surface area contributed by atoms with Crippen molar-refractivity contribution in [1.82, 2.24) is 25.1 Å². The molecule has 34 heavy (non-hydrogen) atoms. The van der Waals surface area contributed by atoms with E-state index in [1.54, 1.807) is 31.3 Å². The minimum atomic E-state index is -0.0237. The van der Waals surface area contributed by atoms with E-state index in [1.165, 1.54) is 16.7 Å². The maximum Gasteiger partial charge on any atom is 0.230 e. The van der Waals surface area contributed by atoms with E-state index in [2.05, 4.69) is 32.6 Å². The molecule has 2 aromatic heterocycles. The average molecular weight is 492 g/mol. The van der Waals surface area contributed by atoms with Crippen molar-refractivity contribution in [2.24, 2.45) is 0 Å². The highest BCUT2D eigenvalue weighted by Gasteiger charge is 2.17. The second-order valence-corrected chi connectivity index (χ2v) is 9.34. The van der Waals surface area contributed by atoms with Crippen LogP contribution in [0.2, 0.25) is 0 Å². The summed E-state index contributed by atoms with van der Waals surface area (Å²) in [4.78, 5) is 17.8. The molecule has 0 fully saturated rings. The van der Waals surface area contributed by atoms with Gasteiger partial charge >= 0.3 is 0 Å². The summed E-state index contributed by atoms with van der Waals surface area (Å²) in [6.45, 7) is 0.645. The first-order valence-electron chi connectivity index (χ1n) is 10.8. The predicted molar refractivity (Wildman–Crippen MR) is 137 cm³/mol. The van der Waals surface area contributed by atoms with Gasteiger partial charge < -0.3 is 10.1 Å². The summed E-state index contributed by atoms with van der Waals surface area (Å²) >= 11 is 3.15. The number of hydrogen-bond acceptors (Lipinski definition) is 7. The van der Waals surface area contributed by atoms with Crippen molar-refractivity contribution in [2.75, 3.05) is 25.2 Å². The Balaban J connectivity index is 1.37. The average Bonchev–Trinajstić information content (AvgIpc) is 3.32. The third kappa shape index (κ3) is 6.39. The normalized spacial score (nSPS) is 10.7. The summed E-state index contributed by atoms with van der Waals surface area (Å²) < 4.78 is 7.23. The van der Waals surface area contributed by atoms with Crippen molar-refractivity contribution < 1.29 is 9.53 Å². The molecule has 0 spiro atoms. The van der Waals surface area contributed by atoms with Gasteiger partial charge in [0.15, 0.2) is 11.0 Å². The number of amides is 1. The van der Waals surface area contributed by atoms with Crippen LogP contribution in [0, 0.1) is 0 Å². The van der Waals surface area contributed by atoms with Crippen molar-refractivity contribution in [2.45, 2.75) is 16.5 Å². The second-order valence-electron chi connectivity index (χ2n) is 7.23. The van der Waals surface area contributed by atoms with Crippen LogP contribution in [-0.4, -0.2) is 50.8 Å². The maximum absolute atomic E-state index is 12.4. The van der Waals surface area contributed by atoms with E-state index < -0.39 is 0 Å². The fourth-order valence-corrected chi connectivity index (χ4v) is 4.86. The molecule has 4 aromatic rings. The Hall–Kier alpha value is -3.30. The van der Waals surface area contributed by atoms with Crippen LogP contribution in [0.3, 0.4) is 0 Å². The molecule has 2 heterocycles. The molecule has 0 saturated carbocycles. The molecule has 174 valence electrons. The number of nitrogens with one attached hydrogen (secondary N) is 1. The Morgan fingerprint density at radius 1 is 0.971 bits per heavy atom. The zero-order valence-electron chi connectivity index (χ0n) is 18.8. The first kappa shape index (κ1) is 23.8. The van der Waals surface area contributed by atoms with Crippen LogP contribution in [0.15, 0.2) is 89.2 Å². The van der Waals surface area contributed by atoms with Gasteiger partial charge in [-0.25, -0.2) is 0 Å². The summed E-state index contributed by atoms with van der Waals surface area (Å²) in [5.74, 6) is 2.65. The molecule has 2 aromatic carbocycles. The standard InChI is InChI=1S/C25H25N5O2S2/c1-32-21-10-8-20(9-11-21)30-24(19-12-15-26-16-13-19)28-29-25(30)34-18-23(31)27-14-5-17-33-22-6-3-2-4-7-22/h2-4,6-13,15-16H,5,14,17-18H2,1H3,(H,27,31). The lowest BCUT2D eigenvalue weighted by Gasteiger charge is -2.11. The van der Waals surface area contributed by atoms with Gasteiger partial charge in [-0.1, -0.05) is 30.0 Å². The van der Waals surface area contributed by atoms with Gasteiger partial charge in [0.05, 0.1) is 12.9 Å². The van der Waals surface area contributed by atoms with E-state index in [0.717, 1.165) is 29.2 Å². The molecule has 1 amide bonds. The molecule has 0 saturated heterocycles. The Labute approximate surface area is 207 Å². The Morgan fingerprint density at radius 2 is 1.74 bits per heavy atom. The van der Waals surface area contributed by atoms with Gasteiger partial charge in [-0.05, 0) is 60.7 Å². The number of carbonyl (C=O) groups excluding carboxylic acids is 1. The van der Waals surface area contributed by atoms with Crippen LogP contribution in [0.1, 0.15) is 6.42 Å². The van der Waals surface area contributed by atoms with Gasteiger partial charge in [-0.15, -0.1) is 22.0 Å². The van der Waals surface area contributed by atoms with Crippen molar-refractivity contribution >= 4 is 29.4 Å². The van der Waals surface area contributed by atoms with Crippen LogP contribution in [-0.2, 0) is 4.79 Å². The minimum Gasteiger partial charge on any atom is -0.497 e. The third-order valence-corrected chi connectivity index (χ3v) is 6.92. The van der Waals surface area contributed by atoms with E-state index in [4.69, 9.17) is 4.74 Å². The fourth-order valence-electron chi connectivity index (χ4n) is 3.20. The minimum absolute atomic E-state index is 0.0237. The second kappa shape index (κ2) is 12.2. The van der Waals surface area contributed by atoms with Crippen molar-refractivity contribution in [3.05, 3.63) is 79.1 Å². The highest BCUT2D eigenvalue weighted by molar-refractivity contribution is 7.99. The van der Waals surface area contributed by atoms with Gasteiger partial charge in [-0.3, -0.25) is 14.3 Å². The van der Waals surface area contributed by atoms with Crippen LogP contribution in [0.25, 0.3) is 17.1 Å². The molecule has 0 radical (unpaired) electrons. The van der Waals surface area contributed by atoms with E-state index in [1.807, 2.05) is 59.2 Å². The number of pyridine rings is 1. The molecule has 7 nitrogen and oxygen atoms in total. The lowest BCUT2D eigenvalue weighted by atomic mass is 10.2. The topological polar surface area (TPSA) is 81.9 Å². The zero-order chi connectivity index (χ0) is 23.6. The number of nitrogens with zero attached hydrogens (tertiary/aromatic N) is 4. The molecule has 0 aliphatic heterocycles. The number of hydrogen-bond donors (Lipinski definition) is 1. The SMILES string of the molecule is COc1ccc(-n2c(SCC(=O)NCCCSc3ccccc3)nnc2-c2ccncc2)cc1. The first-order valence-corrected chi connectivity index (χ1v) is 12.8. The monoisotopic (exact) mass is 491 g/mol. The maximum atomic E-state index is 12.4. The van der Waals surface area contributed by atoms with E-state index in [0.29, 0.717) is 17.5 Å². The number of rotatable bonds is 11. The largest absolute Gasteiger partial charge is 0.497 e. The number of carbonyl (C=O) groups is 1. The molecule has 0 atom stereocenters. The van der Waals surface area contributed by atoms with Crippen LogP contribution in [0.5, 0.6) is 5.75 Å².